The smallest absolute Gasteiger partial charge is 0.335 e. The average Bonchev–Trinajstić information content (AvgIpc) is 2.41. The molecule has 2 aromatic rings. The summed E-state index contributed by atoms with van der Waals surface area (Å²) < 4.78 is 6.12. The Labute approximate surface area is 128 Å². The third-order valence-corrected chi connectivity index (χ3v) is 3.33. The first-order valence-corrected chi connectivity index (χ1v) is 6.63. The van der Waals surface area contributed by atoms with Crippen LogP contribution in [0, 0.1) is 17.0 Å². The first-order valence-electron chi connectivity index (χ1n) is 5.84. The minimum atomic E-state index is -1.18. The van der Waals surface area contributed by atoms with Crippen molar-refractivity contribution in [1.82, 2.24) is 0 Å². The van der Waals surface area contributed by atoms with Gasteiger partial charge in [0.2, 0.25) is 5.75 Å². The van der Waals surface area contributed by atoms with E-state index >= 15 is 0 Å². The maximum atomic E-state index is 11.0. The van der Waals surface area contributed by atoms with Crippen molar-refractivity contribution in [2.45, 2.75) is 6.92 Å². The molecule has 0 spiro atoms. The zero-order valence-electron chi connectivity index (χ0n) is 10.9. The molecule has 2 aromatic carbocycles. The normalized spacial score (nSPS) is 10.2. The van der Waals surface area contributed by atoms with Crippen molar-refractivity contribution in [2.75, 3.05) is 0 Å². The van der Waals surface area contributed by atoms with Gasteiger partial charge in [-0.25, -0.2) is 4.79 Å². The van der Waals surface area contributed by atoms with Gasteiger partial charge in [0.15, 0.2) is 0 Å². The van der Waals surface area contributed by atoms with E-state index in [1.54, 1.807) is 18.2 Å². The van der Waals surface area contributed by atoms with Crippen LogP contribution in [0.2, 0.25) is 0 Å². The number of nitro benzene ring substituents is 1. The number of benzene rings is 2. The lowest BCUT2D eigenvalue weighted by Crippen LogP contribution is -2.00. The molecule has 0 saturated heterocycles. The van der Waals surface area contributed by atoms with E-state index in [9.17, 15) is 14.9 Å². The Bertz CT molecular complexity index is 729. The van der Waals surface area contributed by atoms with E-state index in [0.29, 0.717) is 10.2 Å². The number of rotatable bonds is 4. The number of hydrogen-bond donors (Lipinski definition) is 1. The van der Waals surface area contributed by atoms with E-state index < -0.39 is 10.9 Å². The number of halogens is 1. The van der Waals surface area contributed by atoms with Gasteiger partial charge >= 0.3 is 11.7 Å². The van der Waals surface area contributed by atoms with Gasteiger partial charge in [-0.1, -0.05) is 6.07 Å². The summed E-state index contributed by atoms with van der Waals surface area (Å²) in [5.41, 5.74) is 0.606. The van der Waals surface area contributed by atoms with Crippen LogP contribution in [0.15, 0.2) is 40.9 Å². The van der Waals surface area contributed by atoms with Crippen LogP contribution in [0.25, 0.3) is 0 Å². The van der Waals surface area contributed by atoms with Crippen LogP contribution >= 0.6 is 15.9 Å². The number of carboxylic acids is 1. The van der Waals surface area contributed by atoms with Crippen LogP contribution in [0.5, 0.6) is 11.5 Å². The van der Waals surface area contributed by atoms with Crippen molar-refractivity contribution in [3.8, 4) is 11.5 Å². The molecule has 0 amide bonds. The number of carboxylic acid groups (broad SMARTS) is 1. The zero-order chi connectivity index (χ0) is 15.6. The third kappa shape index (κ3) is 3.38. The molecule has 21 heavy (non-hydrogen) atoms. The molecule has 0 unspecified atom stereocenters. The van der Waals surface area contributed by atoms with Crippen molar-refractivity contribution in [3.05, 3.63) is 62.1 Å². The summed E-state index contributed by atoms with van der Waals surface area (Å²) in [6, 6.07) is 8.64. The predicted octanol–water partition coefficient (Wildman–Crippen LogP) is 4.16. The van der Waals surface area contributed by atoms with Gasteiger partial charge in [0.05, 0.1) is 15.0 Å². The van der Waals surface area contributed by atoms with Crippen molar-refractivity contribution < 1.29 is 19.6 Å². The van der Waals surface area contributed by atoms with E-state index in [4.69, 9.17) is 9.84 Å². The Morgan fingerprint density at radius 3 is 2.52 bits per heavy atom. The Kier molecular flexibility index (Phi) is 4.23. The highest BCUT2D eigenvalue weighted by Crippen LogP contribution is 2.36. The summed E-state index contributed by atoms with van der Waals surface area (Å²) in [5, 5.41) is 20.0. The minimum Gasteiger partial charge on any atom is -0.478 e. The lowest BCUT2D eigenvalue weighted by atomic mass is 10.2. The maximum Gasteiger partial charge on any atom is 0.335 e. The quantitative estimate of drug-likeness (QED) is 0.659. The molecule has 108 valence electrons. The number of nitrogens with zero attached hydrogens (tertiary/aromatic N) is 1. The first kappa shape index (κ1) is 15.0. The fraction of sp³-hybridized carbons (Fsp3) is 0.0714. The molecule has 0 radical (unpaired) electrons. The molecule has 0 atom stereocenters. The number of nitro groups is 1. The monoisotopic (exact) mass is 351 g/mol. The molecular weight excluding hydrogens is 342 g/mol. The van der Waals surface area contributed by atoms with Crippen LogP contribution < -0.4 is 4.74 Å². The summed E-state index contributed by atoms with van der Waals surface area (Å²) in [4.78, 5) is 21.3. The van der Waals surface area contributed by atoms with Crippen LogP contribution in [0.1, 0.15) is 15.9 Å². The highest BCUT2D eigenvalue weighted by atomic mass is 79.9. The Morgan fingerprint density at radius 2 is 1.95 bits per heavy atom. The van der Waals surface area contributed by atoms with Crippen LogP contribution in [0.3, 0.4) is 0 Å². The van der Waals surface area contributed by atoms with Gasteiger partial charge in [0.25, 0.3) is 0 Å². The molecule has 0 heterocycles. The largest absolute Gasteiger partial charge is 0.478 e. The van der Waals surface area contributed by atoms with Gasteiger partial charge in [-0.2, -0.15) is 0 Å². The highest BCUT2D eigenvalue weighted by molar-refractivity contribution is 9.10. The fourth-order valence-corrected chi connectivity index (χ4v) is 2.26. The van der Waals surface area contributed by atoms with E-state index in [1.165, 1.54) is 0 Å². The van der Waals surface area contributed by atoms with Gasteiger partial charge in [-0.15, -0.1) is 0 Å². The molecule has 6 nitrogen and oxygen atoms in total. The van der Waals surface area contributed by atoms with Crippen molar-refractivity contribution in [3.63, 3.8) is 0 Å². The van der Waals surface area contributed by atoms with Gasteiger partial charge in [0.1, 0.15) is 5.75 Å². The van der Waals surface area contributed by atoms with Crippen molar-refractivity contribution in [2.24, 2.45) is 0 Å². The summed E-state index contributed by atoms with van der Waals surface area (Å²) in [5.74, 6) is -0.937. The van der Waals surface area contributed by atoms with Crippen LogP contribution in [0.4, 0.5) is 5.69 Å². The van der Waals surface area contributed by atoms with Gasteiger partial charge in [0, 0.05) is 12.1 Å². The van der Waals surface area contributed by atoms with Crippen molar-refractivity contribution in [1.29, 1.82) is 0 Å². The average molecular weight is 352 g/mol. The van der Waals surface area contributed by atoms with E-state index in [-0.39, 0.29) is 17.0 Å². The topological polar surface area (TPSA) is 89.7 Å². The molecule has 0 bridgehead atoms. The first-order chi connectivity index (χ1) is 9.88. The fourth-order valence-electron chi connectivity index (χ4n) is 1.69. The number of carbonyl (C=O) groups is 1. The van der Waals surface area contributed by atoms with Crippen LogP contribution in [-0.2, 0) is 0 Å². The van der Waals surface area contributed by atoms with Crippen molar-refractivity contribution >= 4 is 27.6 Å². The highest BCUT2D eigenvalue weighted by Gasteiger charge is 2.19. The second-order valence-corrected chi connectivity index (χ2v) is 5.14. The number of aryl methyl sites for hydroxylation is 1. The van der Waals surface area contributed by atoms with Crippen LogP contribution in [-0.4, -0.2) is 16.0 Å². The second-order valence-electron chi connectivity index (χ2n) is 4.28. The number of aromatic carboxylic acids is 1. The molecule has 0 fully saturated rings. The van der Waals surface area contributed by atoms with E-state index in [1.807, 2.05) is 6.92 Å². The third-order valence-electron chi connectivity index (χ3n) is 2.71. The SMILES string of the molecule is Cc1ccc(Oc2cc(C(=O)O)ccc2[N+](=O)[O-])c(Br)c1. The second kappa shape index (κ2) is 5.92. The molecule has 7 heteroatoms. The molecule has 1 N–H and O–H groups in total. The Balaban J connectivity index is 2.48. The van der Waals surface area contributed by atoms with E-state index in [2.05, 4.69) is 15.9 Å². The van der Waals surface area contributed by atoms with Gasteiger partial charge in [-0.05, 0) is 46.6 Å². The summed E-state index contributed by atoms with van der Waals surface area (Å²) in [7, 11) is 0. The molecule has 0 aliphatic carbocycles. The zero-order valence-corrected chi connectivity index (χ0v) is 12.5. The molecule has 0 aliphatic heterocycles. The van der Waals surface area contributed by atoms with Gasteiger partial charge < -0.3 is 9.84 Å². The van der Waals surface area contributed by atoms with Gasteiger partial charge in [-0.3, -0.25) is 10.1 Å². The Hall–Kier alpha value is -2.41. The summed E-state index contributed by atoms with van der Waals surface area (Å²) in [6.45, 7) is 1.89. The predicted molar refractivity (Wildman–Crippen MR) is 79.0 cm³/mol. The summed E-state index contributed by atoms with van der Waals surface area (Å²) >= 11 is 3.30. The Morgan fingerprint density at radius 1 is 1.24 bits per heavy atom. The summed E-state index contributed by atoms with van der Waals surface area (Å²) in [6.07, 6.45) is 0. The molecule has 2 rings (SSSR count). The number of ether oxygens (including phenoxy) is 1. The lowest BCUT2D eigenvalue weighted by molar-refractivity contribution is -0.385. The molecule has 0 aromatic heterocycles. The molecule has 0 saturated carbocycles. The van der Waals surface area contributed by atoms with E-state index in [0.717, 1.165) is 23.8 Å². The molecular formula is C14H10BrNO5. The lowest BCUT2D eigenvalue weighted by Gasteiger charge is -2.09. The standard InChI is InChI=1S/C14H10BrNO5/c1-8-2-5-12(10(15)6-8)21-13-7-9(14(17)18)3-4-11(13)16(19)20/h2-7H,1H3,(H,17,18). The number of hydrogen-bond acceptors (Lipinski definition) is 4. The minimum absolute atomic E-state index is 0.0844. The molecule has 0 aliphatic rings. The maximum absolute atomic E-state index is 11.0.